The van der Waals surface area contributed by atoms with Crippen LogP contribution in [0.4, 0.5) is 10.5 Å². The van der Waals surface area contributed by atoms with Gasteiger partial charge in [0, 0.05) is 47.4 Å². The Hall–Kier alpha value is -3.79. The first-order valence-corrected chi connectivity index (χ1v) is 8.87. The van der Waals surface area contributed by atoms with Crippen molar-refractivity contribution in [2.75, 3.05) is 19.0 Å². The summed E-state index contributed by atoms with van der Waals surface area (Å²) in [6.07, 6.45) is 0.707. The SMILES string of the molecule is COC(=O)c1ccc2[nH]c3c(c2c1)CN(C(=O)Nc1ccc(C#N)cc1)CC3. The van der Waals surface area contributed by atoms with Gasteiger partial charge in [0.2, 0.25) is 0 Å². The maximum atomic E-state index is 12.7. The number of amides is 2. The summed E-state index contributed by atoms with van der Waals surface area (Å²) >= 11 is 0. The van der Waals surface area contributed by atoms with Crippen LogP contribution in [0.2, 0.25) is 0 Å². The summed E-state index contributed by atoms with van der Waals surface area (Å²) in [5, 5.41) is 12.7. The van der Waals surface area contributed by atoms with Crippen molar-refractivity contribution in [2.45, 2.75) is 13.0 Å². The van der Waals surface area contributed by atoms with Crippen LogP contribution in [0.25, 0.3) is 10.9 Å². The molecule has 0 saturated heterocycles. The molecule has 0 bridgehead atoms. The molecule has 2 aromatic carbocycles. The fourth-order valence-corrected chi connectivity index (χ4v) is 3.46. The molecule has 0 aliphatic carbocycles. The molecule has 3 aromatic rings. The second kappa shape index (κ2) is 7.08. The first-order chi connectivity index (χ1) is 13.6. The largest absolute Gasteiger partial charge is 0.465 e. The molecule has 0 saturated carbocycles. The first-order valence-electron chi connectivity index (χ1n) is 8.87. The van der Waals surface area contributed by atoms with Crippen LogP contribution in [0.15, 0.2) is 42.5 Å². The van der Waals surface area contributed by atoms with Gasteiger partial charge < -0.3 is 19.9 Å². The summed E-state index contributed by atoms with van der Waals surface area (Å²) in [7, 11) is 1.36. The smallest absolute Gasteiger partial charge is 0.337 e. The van der Waals surface area contributed by atoms with E-state index in [9.17, 15) is 9.59 Å². The maximum absolute atomic E-state index is 12.7. The van der Waals surface area contributed by atoms with Gasteiger partial charge in [-0.25, -0.2) is 9.59 Å². The van der Waals surface area contributed by atoms with Crippen molar-refractivity contribution in [3.8, 4) is 6.07 Å². The minimum Gasteiger partial charge on any atom is -0.465 e. The van der Waals surface area contributed by atoms with Crippen LogP contribution < -0.4 is 5.32 Å². The molecule has 0 radical (unpaired) electrons. The lowest BCUT2D eigenvalue weighted by molar-refractivity contribution is 0.0601. The number of esters is 1. The van der Waals surface area contributed by atoms with Gasteiger partial charge in [-0.15, -0.1) is 0 Å². The second-order valence-electron chi connectivity index (χ2n) is 6.62. The number of aromatic amines is 1. The topological polar surface area (TPSA) is 98.2 Å². The van der Waals surface area contributed by atoms with Gasteiger partial charge in [0.05, 0.1) is 24.3 Å². The minimum absolute atomic E-state index is 0.200. The van der Waals surface area contributed by atoms with Crippen molar-refractivity contribution in [1.29, 1.82) is 5.26 Å². The van der Waals surface area contributed by atoms with Gasteiger partial charge in [-0.2, -0.15) is 5.26 Å². The van der Waals surface area contributed by atoms with Gasteiger partial charge in [0.25, 0.3) is 0 Å². The molecule has 140 valence electrons. The number of aromatic nitrogens is 1. The lowest BCUT2D eigenvalue weighted by atomic mass is 10.0. The number of hydrogen-bond acceptors (Lipinski definition) is 4. The molecule has 0 unspecified atom stereocenters. The summed E-state index contributed by atoms with van der Waals surface area (Å²) < 4.78 is 4.80. The van der Waals surface area contributed by atoms with Gasteiger partial charge in [0.1, 0.15) is 0 Å². The van der Waals surface area contributed by atoms with Crippen LogP contribution >= 0.6 is 0 Å². The molecule has 7 nitrogen and oxygen atoms in total. The first kappa shape index (κ1) is 17.6. The van der Waals surface area contributed by atoms with Crippen molar-refractivity contribution in [2.24, 2.45) is 0 Å². The van der Waals surface area contributed by atoms with Crippen molar-refractivity contribution in [3.63, 3.8) is 0 Å². The number of nitriles is 1. The van der Waals surface area contributed by atoms with Crippen molar-refractivity contribution >= 4 is 28.6 Å². The lowest BCUT2D eigenvalue weighted by Gasteiger charge is -2.27. The van der Waals surface area contributed by atoms with E-state index in [1.54, 1.807) is 41.3 Å². The number of H-pyrrole nitrogens is 1. The molecule has 0 atom stereocenters. The predicted octanol–water partition coefficient (Wildman–Crippen LogP) is 3.42. The number of nitrogens with one attached hydrogen (secondary N) is 2. The summed E-state index contributed by atoms with van der Waals surface area (Å²) in [6.45, 7) is 1.04. The molecule has 28 heavy (non-hydrogen) atoms. The number of nitrogens with zero attached hydrogens (tertiary/aromatic N) is 2. The zero-order chi connectivity index (χ0) is 19.7. The van der Waals surface area contributed by atoms with Crippen molar-refractivity contribution in [1.82, 2.24) is 9.88 Å². The summed E-state index contributed by atoms with van der Waals surface area (Å²) in [5.74, 6) is -0.386. The van der Waals surface area contributed by atoms with Crippen LogP contribution in [-0.4, -0.2) is 35.5 Å². The monoisotopic (exact) mass is 374 g/mol. The Balaban J connectivity index is 1.56. The van der Waals surface area contributed by atoms with Gasteiger partial charge in [-0.3, -0.25) is 0 Å². The molecule has 1 aliphatic heterocycles. The van der Waals surface area contributed by atoms with Gasteiger partial charge in [-0.1, -0.05) is 0 Å². The van der Waals surface area contributed by atoms with Crippen LogP contribution in [0.3, 0.4) is 0 Å². The highest BCUT2D eigenvalue weighted by atomic mass is 16.5. The lowest BCUT2D eigenvalue weighted by Crippen LogP contribution is -2.38. The third-order valence-electron chi connectivity index (χ3n) is 4.95. The number of ether oxygens (including phenoxy) is 1. The average molecular weight is 374 g/mol. The number of urea groups is 1. The molecule has 7 heteroatoms. The molecule has 1 aliphatic rings. The molecular weight excluding hydrogens is 356 g/mol. The molecular formula is C21H18N4O3. The van der Waals surface area contributed by atoms with Crippen LogP contribution in [0.5, 0.6) is 0 Å². The normalized spacial score (nSPS) is 12.9. The molecule has 0 fully saturated rings. The zero-order valence-corrected chi connectivity index (χ0v) is 15.3. The Morgan fingerprint density at radius 3 is 2.71 bits per heavy atom. The molecule has 2 amide bonds. The van der Waals surface area contributed by atoms with Crippen LogP contribution in [0.1, 0.15) is 27.2 Å². The van der Waals surface area contributed by atoms with E-state index in [1.165, 1.54) is 7.11 Å². The number of anilines is 1. The Bertz CT molecular complexity index is 1110. The van der Waals surface area contributed by atoms with E-state index < -0.39 is 0 Å². The van der Waals surface area contributed by atoms with E-state index in [2.05, 4.69) is 16.4 Å². The number of fused-ring (bicyclic) bond motifs is 3. The number of rotatable bonds is 2. The predicted molar refractivity (Wildman–Crippen MR) is 104 cm³/mol. The minimum atomic E-state index is -0.386. The average Bonchev–Trinajstić information content (AvgIpc) is 3.10. The highest BCUT2D eigenvalue weighted by Gasteiger charge is 2.24. The summed E-state index contributed by atoms with van der Waals surface area (Å²) in [4.78, 5) is 29.6. The standard InChI is InChI=1S/C21H18N4O3/c1-28-20(26)14-4-7-18-16(10-14)17-12-25(9-8-19(17)24-18)21(27)23-15-5-2-13(11-22)3-6-15/h2-7,10,24H,8-9,12H2,1H3,(H,23,27). The fraction of sp³-hybridized carbons (Fsp3) is 0.190. The van der Waals surface area contributed by atoms with E-state index in [0.717, 1.165) is 22.2 Å². The van der Waals surface area contributed by atoms with E-state index >= 15 is 0 Å². The van der Waals surface area contributed by atoms with E-state index in [-0.39, 0.29) is 12.0 Å². The van der Waals surface area contributed by atoms with Crippen molar-refractivity contribution in [3.05, 3.63) is 64.8 Å². The Morgan fingerprint density at radius 2 is 2.00 bits per heavy atom. The number of methoxy groups -OCH3 is 1. The van der Waals surface area contributed by atoms with Crippen molar-refractivity contribution < 1.29 is 14.3 Å². The van der Waals surface area contributed by atoms with E-state index in [0.29, 0.717) is 36.3 Å². The Morgan fingerprint density at radius 1 is 1.21 bits per heavy atom. The molecule has 2 N–H and O–H groups in total. The van der Waals surface area contributed by atoms with Crippen LogP contribution in [-0.2, 0) is 17.7 Å². The van der Waals surface area contributed by atoms with E-state index in [1.807, 2.05) is 6.07 Å². The molecule has 0 spiro atoms. The maximum Gasteiger partial charge on any atom is 0.337 e. The molecule has 1 aromatic heterocycles. The number of hydrogen-bond donors (Lipinski definition) is 2. The van der Waals surface area contributed by atoms with Gasteiger partial charge in [-0.05, 0) is 42.5 Å². The summed E-state index contributed by atoms with van der Waals surface area (Å²) in [6, 6.07) is 14.0. The molecule has 4 rings (SSSR count). The fourth-order valence-electron chi connectivity index (χ4n) is 3.46. The highest BCUT2D eigenvalue weighted by Crippen LogP contribution is 2.29. The van der Waals surface area contributed by atoms with E-state index in [4.69, 9.17) is 10.00 Å². The number of carbonyl (C=O) groups excluding carboxylic acids is 2. The number of benzene rings is 2. The third-order valence-corrected chi connectivity index (χ3v) is 4.95. The van der Waals surface area contributed by atoms with Gasteiger partial charge in [0.15, 0.2) is 0 Å². The third kappa shape index (κ3) is 3.16. The van der Waals surface area contributed by atoms with Gasteiger partial charge >= 0.3 is 12.0 Å². The van der Waals surface area contributed by atoms with Crippen LogP contribution in [0, 0.1) is 11.3 Å². The Kier molecular flexibility index (Phi) is 4.45. The summed E-state index contributed by atoms with van der Waals surface area (Å²) in [5.41, 5.74) is 4.70. The zero-order valence-electron chi connectivity index (χ0n) is 15.3. The molecule has 2 heterocycles. The highest BCUT2D eigenvalue weighted by molar-refractivity contribution is 5.96. The quantitative estimate of drug-likeness (QED) is 0.672. The Labute approximate surface area is 161 Å². The second-order valence-corrected chi connectivity index (χ2v) is 6.62. The number of carbonyl (C=O) groups is 2.